The van der Waals surface area contributed by atoms with Crippen LogP contribution in [0.25, 0.3) is 0 Å². The molecule has 10 N–H and O–H groups in total. The molecule has 43 heavy (non-hydrogen) atoms. The molecule has 0 bridgehead atoms. The van der Waals surface area contributed by atoms with Crippen molar-refractivity contribution < 1.29 is 24.0 Å². The Hall–Kier alpha value is -3.59. The van der Waals surface area contributed by atoms with Crippen molar-refractivity contribution in [2.45, 2.75) is 61.6 Å². The average molecular weight is 632 g/mol. The first kappa shape index (κ1) is 35.6. The zero-order valence-corrected chi connectivity index (χ0v) is 25.6. The maximum absolute atomic E-state index is 13.6. The van der Waals surface area contributed by atoms with Gasteiger partial charge in [-0.2, -0.15) is 12.6 Å². The standard InChI is InChI=1S/C29H41N7O5S2/c30-14-8-7-13-21(26(39)34-22(24(32)37)15-18-9-3-1-4-10-18)33-27(40)23(16-19-11-5-2-6-12-19)35-28(41)29(43)36-25(38)20(31)17-42/h1-6,9-12,20-23,29,42-43H,7-8,13-17,30-31H2,(H2,32,37)(H,33,40)(H,34,39)(H,35,41)(H,36,38). The third kappa shape index (κ3) is 12.7. The van der Waals surface area contributed by atoms with Gasteiger partial charge in [0.2, 0.25) is 23.6 Å². The lowest BCUT2D eigenvalue weighted by molar-refractivity contribution is -0.133. The average Bonchev–Trinajstić information content (AvgIpc) is 3.00. The number of primary amides is 1. The van der Waals surface area contributed by atoms with E-state index < -0.39 is 59.1 Å². The molecule has 5 atom stereocenters. The van der Waals surface area contributed by atoms with Gasteiger partial charge in [0.15, 0.2) is 5.37 Å². The highest BCUT2D eigenvalue weighted by Crippen LogP contribution is 2.09. The fourth-order valence-electron chi connectivity index (χ4n) is 4.08. The molecule has 5 unspecified atom stereocenters. The van der Waals surface area contributed by atoms with Gasteiger partial charge >= 0.3 is 0 Å². The van der Waals surface area contributed by atoms with Crippen LogP contribution in [-0.2, 0) is 36.8 Å². The van der Waals surface area contributed by atoms with Gasteiger partial charge < -0.3 is 38.5 Å². The molecule has 14 heteroatoms. The monoisotopic (exact) mass is 631 g/mol. The molecule has 12 nitrogen and oxygen atoms in total. The molecule has 0 aromatic heterocycles. The topological polar surface area (TPSA) is 212 Å². The van der Waals surface area contributed by atoms with Gasteiger partial charge in [0.1, 0.15) is 18.1 Å². The maximum atomic E-state index is 13.6. The number of nitrogens with two attached hydrogens (primary N) is 3. The molecule has 2 rings (SSSR count). The second kappa shape index (κ2) is 18.8. The molecule has 0 radical (unpaired) electrons. The Kier molecular flexibility index (Phi) is 15.6. The summed E-state index contributed by atoms with van der Waals surface area (Å²) in [5.74, 6) is -3.30. The first-order valence-corrected chi connectivity index (χ1v) is 15.0. The van der Waals surface area contributed by atoms with Gasteiger partial charge in [0.25, 0.3) is 5.91 Å². The zero-order valence-electron chi connectivity index (χ0n) is 23.8. The van der Waals surface area contributed by atoms with Crippen molar-refractivity contribution in [3.8, 4) is 0 Å². The van der Waals surface area contributed by atoms with Gasteiger partial charge in [-0.05, 0) is 36.9 Å². The number of thiol groups is 2. The lowest BCUT2D eigenvalue weighted by Gasteiger charge is -2.26. The van der Waals surface area contributed by atoms with E-state index in [4.69, 9.17) is 17.2 Å². The second-order valence-electron chi connectivity index (χ2n) is 9.95. The molecule has 0 saturated carbocycles. The number of hydrogen-bond donors (Lipinski definition) is 9. The molecule has 2 aromatic rings. The van der Waals surface area contributed by atoms with Crippen LogP contribution in [0.15, 0.2) is 60.7 Å². The van der Waals surface area contributed by atoms with E-state index in [2.05, 4.69) is 46.5 Å². The largest absolute Gasteiger partial charge is 0.368 e. The van der Waals surface area contributed by atoms with Gasteiger partial charge in [-0.3, -0.25) is 24.0 Å². The van der Waals surface area contributed by atoms with E-state index in [1.54, 1.807) is 24.3 Å². The number of amides is 5. The van der Waals surface area contributed by atoms with Crippen molar-refractivity contribution in [1.82, 2.24) is 21.3 Å². The molecule has 0 aliphatic rings. The molecule has 0 aliphatic heterocycles. The normalized spacial score (nSPS) is 14.3. The summed E-state index contributed by atoms with van der Waals surface area (Å²) in [6, 6.07) is 13.9. The minimum Gasteiger partial charge on any atom is -0.368 e. The van der Waals surface area contributed by atoms with Crippen molar-refractivity contribution in [3.05, 3.63) is 71.8 Å². The molecular weight excluding hydrogens is 590 g/mol. The van der Waals surface area contributed by atoms with E-state index in [-0.39, 0.29) is 25.0 Å². The van der Waals surface area contributed by atoms with Gasteiger partial charge in [-0.25, -0.2) is 0 Å². The van der Waals surface area contributed by atoms with E-state index in [1.807, 2.05) is 36.4 Å². The van der Waals surface area contributed by atoms with Crippen LogP contribution in [0.3, 0.4) is 0 Å². The molecule has 5 amide bonds. The molecule has 0 aliphatic carbocycles. The SMILES string of the molecule is NCCCCC(NC(=O)C(Cc1ccccc1)NC(=O)C(S)NC(=O)C(N)CS)C(=O)NC(Cc1ccccc1)C(N)=O. The van der Waals surface area contributed by atoms with Crippen molar-refractivity contribution in [1.29, 1.82) is 0 Å². The number of unbranched alkanes of at least 4 members (excludes halogenated alkanes) is 1. The van der Waals surface area contributed by atoms with E-state index in [0.29, 0.717) is 19.4 Å². The Morgan fingerprint density at radius 1 is 0.674 bits per heavy atom. The van der Waals surface area contributed by atoms with Crippen LogP contribution >= 0.6 is 25.3 Å². The quantitative estimate of drug-likeness (QED) is 0.0578. The summed E-state index contributed by atoms with van der Waals surface area (Å²) in [6.45, 7) is 0.388. The van der Waals surface area contributed by atoms with E-state index >= 15 is 0 Å². The van der Waals surface area contributed by atoms with Gasteiger partial charge in [0.05, 0.1) is 6.04 Å². The summed E-state index contributed by atoms with van der Waals surface area (Å²) in [5.41, 5.74) is 18.4. The first-order valence-electron chi connectivity index (χ1n) is 13.9. The van der Waals surface area contributed by atoms with Gasteiger partial charge in [0, 0.05) is 18.6 Å². The van der Waals surface area contributed by atoms with Crippen LogP contribution in [0, 0.1) is 0 Å². The van der Waals surface area contributed by atoms with Crippen LogP contribution in [0.4, 0.5) is 0 Å². The molecule has 0 spiro atoms. The van der Waals surface area contributed by atoms with Gasteiger partial charge in [-0.1, -0.05) is 60.7 Å². The van der Waals surface area contributed by atoms with Crippen molar-refractivity contribution in [3.63, 3.8) is 0 Å². The Balaban J connectivity index is 2.22. The number of carbonyl (C=O) groups excluding carboxylic acids is 5. The first-order chi connectivity index (χ1) is 20.5. The highest BCUT2D eigenvalue weighted by Gasteiger charge is 2.30. The highest BCUT2D eigenvalue weighted by molar-refractivity contribution is 7.81. The molecule has 0 saturated heterocycles. The van der Waals surface area contributed by atoms with Crippen LogP contribution in [-0.4, -0.2) is 71.4 Å². The molecule has 0 heterocycles. The zero-order chi connectivity index (χ0) is 31.8. The number of rotatable bonds is 18. The maximum Gasteiger partial charge on any atom is 0.253 e. The lowest BCUT2D eigenvalue weighted by Crippen LogP contribution is -2.58. The summed E-state index contributed by atoms with van der Waals surface area (Å²) < 4.78 is 0. The van der Waals surface area contributed by atoms with Crippen LogP contribution in [0.5, 0.6) is 0 Å². The Morgan fingerprint density at radius 2 is 1.16 bits per heavy atom. The number of carbonyl (C=O) groups is 5. The number of benzene rings is 2. The van der Waals surface area contributed by atoms with E-state index in [1.165, 1.54) is 0 Å². The van der Waals surface area contributed by atoms with E-state index in [9.17, 15) is 24.0 Å². The summed E-state index contributed by atoms with van der Waals surface area (Å²) in [5, 5.41) is 9.04. The summed E-state index contributed by atoms with van der Waals surface area (Å²) in [7, 11) is 0. The minimum atomic E-state index is -1.30. The third-order valence-electron chi connectivity index (χ3n) is 6.50. The smallest absolute Gasteiger partial charge is 0.253 e. The molecule has 2 aromatic carbocycles. The van der Waals surface area contributed by atoms with Crippen LogP contribution in [0.2, 0.25) is 0 Å². The predicted molar refractivity (Wildman–Crippen MR) is 171 cm³/mol. The van der Waals surface area contributed by atoms with E-state index in [0.717, 1.165) is 11.1 Å². The lowest BCUT2D eigenvalue weighted by atomic mass is 10.0. The third-order valence-corrected chi connectivity index (χ3v) is 7.26. The fourth-order valence-corrected chi connectivity index (χ4v) is 4.45. The summed E-state index contributed by atoms with van der Waals surface area (Å²) >= 11 is 8.12. The van der Waals surface area contributed by atoms with Crippen molar-refractivity contribution >= 4 is 54.8 Å². The summed E-state index contributed by atoms with van der Waals surface area (Å²) in [4.78, 5) is 64.2. The van der Waals surface area contributed by atoms with Crippen LogP contribution in [0.1, 0.15) is 30.4 Å². The number of hydrogen-bond acceptors (Lipinski definition) is 9. The predicted octanol–water partition coefficient (Wildman–Crippen LogP) is -0.830. The molecule has 0 fully saturated rings. The Bertz CT molecular complexity index is 1210. The van der Waals surface area contributed by atoms with Crippen molar-refractivity contribution in [2.75, 3.05) is 12.3 Å². The minimum absolute atomic E-state index is 0.0581. The van der Waals surface area contributed by atoms with Crippen molar-refractivity contribution in [2.24, 2.45) is 17.2 Å². The highest BCUT2D eigenvalue weighted by atomic mass is 32.1. The number of nitrogens with one attached hydrogen (secondary N) is 4. The Labute approximate surface area is 262 Å². The van der Waals surface area contributed by atoms with Crippen LogP contribution < -0.4 is 38.5 Å². The fraction of sp³-hybridized carbons (Fsp3) is 0.414. The Morgan fingerprint density at radius 3 is 1.67 bits per heavy atom. The van der Waals surface area contributed by atoms with Gasteiger partial charge in [-0.15, -0.1) is 12.6 Å². The molecular formula is C29H41N7O5S2. The molecule has 234 valence electrons. The second-order valence-corrected chi connectivity index (χ2v) is 10.8. The summed E-state index contributed by atoms with van der Waals surface area (Å²) in [6.07, 6.45) is 1.59.